The number of carbonyl (C=O) groups excluding carboxylic acids is 1. The van der Waals surface area contributed by atoms with Gasteiger partial charge in [-0.25, -0.2) is 0 Å². The number of hydrogen-bond donors (Lipinski definition) is 3. The molecule has 2 rings (SSSR count). The number of carbonyl (C=O) groups is 1. The Morgan fingerprint density at radius 1 is 1.08 bits per heavy atom. The van der Waals surface area contributed by atoms with E-state index in [1.165, 1.54) is 56.7 Å². The van der Waals surface area contributed by atoms with Gasteiger partial charge in [-0.05, 0) is 56.8 Å². The lowest BCUT2D eigenvalue weighted by molar-refractivity contribution is 0.0957. The second-order valence-corrected chi connectivity index (χ2v) is 7.57. The molecule has 1 aromatic heterocycles. The third kappa shape index (κ3) is 8.19. The van der Waals surface area contributed by atoms with Crippen LogP contribution in [-0.4, -0.2) is 63.1 Å². The minimum atomic E-state index is 0.0102. The van der Waals surface area contributed by atoms with Crippen molar-refractivity contribution >= 4 is 23.2 Å². The SMILES string of the molecule is CN=C(NCCCNC(=O)c1cccs1)NCCCN1CCCCCC1. The maximum Gasteiger partial charge on any atom is 0.261 e. The van der Waals surface area contributed by atoms with Crippen LogP contribution in [0.4, 0.5) is 0 Å². The smallest absolute Gasteiger partial charge is 0.261 e. The number of aliphatic imine (C=N–C) groups is 1. The first-order chi connectivity index (χ1) is 12.8. The van der Waals surface area contributed by atoms with E-state index >= 15 is 0 Å². The molecule has 146 valence electrons. The van der Waals surface area contributed by atoms with Crippen LogP contribution < -0.4 is 16.0 Å². The van der Waals surface area contributed by atoms with Gasteiger partial charge in [0.05, 0.1) is 4.88 Å². The summed E-state index contributed by atoms with van der Waals surface area (Å²) in [7, 11) is 1.79. The third-order valence-corrected chi connectivity index (χ3v) is 5.41. The van der Waals surface area contributed by atoms with E-state index in [-0.39, 0.29) is 5.91 Å². The molecule has 7 heteroatoms. The Labute approximate surface area is 161 Å². The van der Waals surface area contributed by atoms with Crippen LogP contribution in [0.1, 0.15) is 48.2 Å². The zero-order valence-electron chi connectivity index (χ0n) is 15.9. The highest BCUT2D eigenvalue weighted by molar-refractivity contribution is 7.12. The van der Waals surface area contributed by atoms with E-state index in [4.69, 9.17) is 0 Å². The molecule has 0 spiro atoms. The molecule has 0 radical (unpaired) electrons. The molecule has 0 bridgehead atoms. The summed E-state index contributed by atoms with van der Waals surface area (Å²) in [5, 5.41) is 11.5. The molecular weight excluding hydrogens is 346 g/mol. The lowest BCUT2D eigenvalue weighted by Gasteiger charge is -2.20. The highest BCUT2D eigenvalue weighted by Crippen LogP contribution is 2.09. The number of hydrogen-bond acceptors (Lipinski definition) is 4. The van der Waals surface area contributed by atoms with E-state index < -0.39 is 0 Å². The second-order valence-electron chi connectivity index (χ2n) is 6.62. The summed E-state index contributed by atoms with van der Waals surface area (Å²) in [6, 6.07) is 3.74. The number of thiophene rings is 1. The molecule has 0 unspecified atom stereocenters. The van der Waals surface area contributed by atoms with Crippen molar-refractivity contribution in [2.75, 3.05) is 46.3 Å². The molecule has 1 saturated heterocycles. The van der Waals surface area contributed by atoms with Gasteiger partial charge in [-0.15, -0.1) is 11.3 Å². The van der Waals surface area contributed by atoms with Crippen molar-refractivity contribution in [2.24, 2.45) is 4.99 Å². The molecule has 1 fully saturated rings. The molecule has 0 saturated carbocycles. The molecule has 1 aliphatic heterocycles. The molecule has 1 amide bonds. The van der Waals surface area contributed by atoms with Gasteiger partial charge in [0.2, 0.25) is 0 Å². The molecule has 0 aliphatic carbocycles. The Hall–Kier alpha value is -1.60. The Balaban J connectivity index is 1.49. The van der Waals surface area contributed by atoms with Crippen LogP contribution in [-0.2, 0) is 0 Å². The van der Waals surface area contributed by atoms with E-state index in [1.807, 2.05) is 17.5 Å². The van der Waals surface area contributed by atoms with Gasteiger partial charge in [-0.1, -0.05) is 18.9 Å². The summed E-state index contributed by atoms with van der Waals surface area (Å²) in [6.45, 7) is 6.06. The van der Waals surface area contributed by atoms with Crippen LogP contribution in [0.5, 0.6) is 0 Å². The number of nitrogens with zero attached hydrogens (tertiary/aromatic N) is 2. The summed E-state index contributed by atoms with van der Waals surface area (Å²) < 4.78 is 0. The first kappa shape index (κ1) is 20.7. The van der Waals surface area contributed by atoms with Crippen molar-refractivity contribution in [1.29, 1.82) is 0 Å². The summed E-state index contributed by atoms with van der Waals surface area (Å²) in [5.74, 6) is 0.849. The standard InChI is InChI=1S/C19H33N5OS/c1-20-19(23-12-8-15-24-13-4-2-3-5-14-24)22-11-7-10-21-18(25)17-9-6-16-26-17/h6,9,16H,2-5,7-8,10-15H2,1H3,(H,21,25)(H2,20,22,23). The molecule has 26 heavy (non-hydrogen) atoms. The number of amides is 1. The number of guanidine groups is 1. The van der Waals surface area contributed by atoms with Crippen LogP contribution in [0.15, 0.2) is 22.5 Å². The van der Waals surface area contributed by atoms with E-state index in [2.05, 4.69) is 25.8 Å². The predicted octanol–water partition coefficient (Wildman–Crippen LogP) is 2.30. The van der Waals surface area contributed by atoms with E-state index in [0.717, 1.165) is 36.8 Å². The van der Waals surface area contributed by atoms with Crippen LogP contribution in [0, 0.1) is 0 Å². The molecular formula is C19H33N5OS. The molecule has 2 heterocycles. The van der Waals surface area contributed by atoms with Crippen molar-refractivity contribution in [3.63, 3.8) is 0 Å². The second kappa shape index (κ2) is 12.7. The Bertz CT molecular complexity index is 524. The monoisotopic (exact) mass is 379 g/mol. The van der Waals surface area contributed by atoms with Crippen LogP contribution >= 0.6 is 11.3 Å². The van der Waals surface area contributed by atoms with Gasteiger partial charge in [0.15, 0.2) is 5.96 Å². The van der Waals surface area contributed by atoms with Crippen LogP contribution in [0.2, 0.25) is 0 Å². The molecule has 0 aromatic carbocycles. The van der Waals surface area contributed by atoms with Gasteiger partial charge in [-0.2, -0.15) is 0 Å². The van der Waals surface area contributed by atoms with Crippen molar-refractivity contribution < 1.29 is 4.79 Å². The number of nitrogens with one attached hydrogen (secondary N) is 3. The van der Waals surface area contributed by atoms with Gasteiger partial charge in [-0.3, -0.25) is 9.79 Å². The maximum absolute atomic E-state index is 11.8. The Morgan fingerprint density at radius 3 is 2.42 bits per heavy atom. The zero-order chi connectivity index (χ0) is 18.5. The van der Waals surface area contributed by atoms with Gasteiger partial charge < -0.3 is 20.9 Å². The lowest BCUT2D eigenvalue weighted by Crippen LogP contribution is -2.40. The van der Waals surface area contributed by atoms with Crippen molar-refractivity contribution in [2.45, 2.75) is 38.5 Å². The predicted molar refractivity (Wildman–Crippen MR) is 110 cm³/mol. The minimum absolute atomic E-state index is 0.0102. The zero-order valence-corrected chi connectivity index (χ0v) is 16.7. The van der Waals surface area contributed by atoms with E-state index in [0.29, 0.717) is 6.54 Å². The van der Waals surface area contributed by atoms with Crippen molar-refractivity contribution in [3.05, 3.63) is 22.4 Å². The van der Waals surface area contributed by atoms with Gasteiger partial charge in [0.1, 0.15) is 0 Å². The molecule has 0 atom stereocenters. The quantitative estimate of drug-likeness (QED) is 0.350. The third-order valence-electron chi connectivity index (χ3n) is 4.54. The van der Waals surface area contributed by atoms with E-state index in [1.54, 1.807) is 7.05 Å². The lowest BCUT2D eigenvalue weighted by atomic mass is 10.2. The first-order valence-electron chi connectivity index (χ1n) is 9.78. The maximum atomic E-state index is 11.8. The fraction of sp³-hybridized carbons (Fsp3) is 0.684. The van der Waals surface area contributed by atoms with Crippen molar-refractivity contribution in [3.8, 4) is 0 Å². The van der Waals surface area contributed by atoms with Gasteiger partial charge in [0.25, 0.3) is 5.91 Å². The largest absolute Gasteiger partial charge is 0.356 e. The van der Waals surface area contributed by atoms with Gasteiger partial charge >= 0.3 is 0 Å². The summed E-state index contributed by atoms with van der Waals surface area (Å²) in [4.78, 5) is 19.4. The minimum Gasteiger partial charge on any atom is -0.356 e. The molecule has 1 aromatic rings. The van der Waals surface area contributed by atoms with Crippen molar-refractivity contribution in [1.82, 2.24) is 20.9 Å². The normalized spacial score (nSPS) is 16.1. The first-order valence-corrected chi connectivity index (χ1v) is 10.7. The highest BCUT2D eigenvalue weighted by Gasteiger charge is 2.08. The summed E-state index contributed by atoms with van der Waals surface area (Å²) in [6.07, 6.45) is 7.47. The number of likely N-dealkylation sites (tertiary alicyclic amines) is 1. The summed E-state index contributed by atoms with van der Waals surface area (Å²) >= 11 is 1.47. The van der Waals surface area contributed by atoms with E-state index in [9.17, 15) is 4.79 Å². The molecule has 1 aliphatic rings. The Morgan fingerprint density at radius 2 is 1.77 bits per heavy atom. The fourth-order valence-electron chi connectivity index (χ4n) is 3.08. The average Bonchev–Trinajstić information content (AvgIpc) is 3.08. The molecule has 6 nitrogen and oxygen atoms in total. The number of rotatable bonds is 9. The Kier molecular flexibility index (Phi) is 10.1. The van der Waals surface area contributed by atoms with Crippen LogP contribution in [0.3, 0.4) is 0 Å². The highest BCUT2D eigenvalue weighted by atomic mass is 32.1. The van der Waals surface area contributed by atoms with Gasteiger partial charge in [0, 0.05) is 26.7 Å². The average molecular weight is 380 g/mol. The summed E-state index contributed by atoms with van der Waals surface area (Å²) in [5.41, 5.74) is 0. The topological polar surface area (TPSA) is 68.8 Å². The molecule has 3 N–H and O–H groups in total. The fourth-order valence-corrected chi connectivity index (χ4v) is 3.72. The van der Waals surface area contributed by atoms with Crippen LogP contribution in [0.25, 0.3) is 0 Å².